The number of hydrogen-bond donors (Lipinski definition) is 1. The first-order valence-corrected chi connectivity index (χ1v) is 10.2. The molecule has 31 heavy (non-hydrogen) atoms. The lowest BCUT2D eigenvalue weighted by Gasteiger charge is -2.29. The first-order valence-electron chi connectivity index (χ1n) is 10.2. The van der Waals surface area contributed by atoms with E-state index in [1.54, 1.807) is 21.0 Å². The number of methoxy groups -OCH3 is 1. The van der Waals surface area contributed by atoms with Gasteiger partial charge in [-0.05, 0) is 55.5 Å². The highest BCUT2D eigenvalue weighted by atomic mass is 16.6. The van der Waals surface area contributed by atoms with Crippen molar-refractivity contribution in [3.05, 3.63) is 64.7 Å². The largest absolute Gasteiger partial charge is 0.496 e. The summed E-state index contributed by atoms with van der Waals surface area (Å²) in [4.78, 5) is 37.0. The van der Waals surface area contributed by atoms with E-state index in [1.165, 1.54) is 0 Å². The Kier molecular flexibility index (Phi) is 8.61. The molecule has 0 bridgehead atoms. The summed E-state index contributed by atoms with van der Waals surface area (Å²) in [6, 6.07) is 13.4. The highest BCUT2D eigenvalue weighted by Gasteiger charge is 2.49. The number of rotatable bonds is 11. The first kappa shape index (κ1) is 23.9. The number of benzene rings is 2. The Morgan fingerprint density at radius 2 is 1.61 bits per heavy atom. The fraction of sp³-hybridized carbons (Fsp3) is 0.375. The zero-order chi connectivity index (χ0) is 22.9. The number of hydrogen-bond acceptors (Lipinski definition) is 6. The predicted molar refractivity (Wildman–Crippen MR) is 116 cm³/mol. The van der Waals surface area contributed by atoms with Crippen LogP contribution in [0.5, 0.6) is 5.75 Å². The molecule has 166 valence electrons. The lowest BCUT2D eigenvalue weighted by Crippen LogP contribution is -2.61. The van der Waals surface area contributed by atoms with E-state index >= 15 is 0 Å². The van der Waals surface area contributed by atoms with E-state index in [0.29, 0.717) is 12.8 Å². The Bertz CT molecular complexity index is 906. The third-order valence-corrected chi connectivity index (χ3v) is 4.98. The second-order valence-corrected chi connectivity index (χ2v) is 7.03. The molecule has 2 aromatic carbocycles. The van der Waals surface area contributed by atoms with E-state index < -0.39 is 17.5 Å². The van der Waals surface area contributed by atoms with Gasteiger partial charge in [0.05, 0.1) is 20.3 Å². The summed E-state index contributed by atoms with van der Waals surface area (Å²) < 4.78 is 15.6. The van der Waals surface area contributed by atoms with E-state index in [2.05, 4.69) is 5.32 Å². The van der Waals surface area contributed by atoms with Gasteiger partial charge in [-0.3, -0.25) is 4.79 Å². The molecule has 0 saturated carbocycles. The number of nitrogens with one attached hydrogen (secondary N) is 1. The molecule has 0 atom stereocenters. The van der Waals surface area contributed by atoms with Crippen molar-refractivity contribution in [1.29, 1.82) is 0 Å². The Morgan fingerprint density at radius 1 is 1.00 bits per heavy atom. The number of esters is 2. The maximum absolute atomic E-state index is 12.8. The zero-order valence-corrected chi connectivity index (χ0v) is 18.4. The molecule has 0 aromatic heterocycles. The summed E-state index contributed by atoms with van der Waals surface area (Å²) >= 11 is 0. The van der Waals surface area contributed by atoms with Gasteiger partial charge in [0.2, 0.25) is 11.9 Å². The van der Waals surface area contributed by atoms with Gasteiger partial charge in [-0.2, -0.15) is 0 Å². The third-order valence-electron chi connectivity index (χ3n) is 4.98. The van der Waals surface area contributed by atoms with Crippen molar-refractivity contribution in [2.45, 2.75) is 39.2 Å². The van der Waals surface area contributed by atoms with E-state index in [1.807, 2.05) is 49.4 Å². The van der Waals surface area contributed by atoms with Gasteiger partial charge < -0.3 is 19.5 Å². The van der Waals surface area contributed by atoms with Gasteiger partial charge in [0.1, 0.15) is 5.75 Å². The van der Waals surface area contributed by atoms with Gasteiger partial charge in [-0.15, -0.1) is 0 Å². The molecule has 2 rings (SSSR count). The Balaban J connectivity index is 2.45. The standard InChI is InChI=1S/C24H29NO6/c1-5-30-22(27)24(25-16-26,23(28)31-6-2)15-20-10-8-7-9-19(20)14-18-11-12-21(29-4)17(3)13-18/h7-13,16H,5-6,14-15H2,1-4H3,(H,25,26). The molecule has 1 amide bonds. The normalized spacial score (nSPS) is 10.8. The van der Waals surface area contributed by atoms with Crippen LogP contribution >= 0.6 is 0 Å². The maximum atomic E-state index is 12.8. The van der Waals surface area contributed by atoms with Crippen molar-refractivity contribution >= 4 is 18.3 Å². The minimum absolute atomic E-state index is 0.0628. The van der Waals surface area contributed by atoms with Crippen LogP contribution in [0.3, 0.4) is 0 Å². The number of aryl methyl sites for hydroxylation is 1. The van der Waals surface area contributed by atoms with Crippen LogP contribution in [-0.2, 0) is 36.7 Å². The van der Waals surface area contributed by atoms with E-state index in [9.17, 15) is 14.4 Å². The third kappa shape index (κ3) is 5.63. The molecule has 0 aliphatic rings. The molecule has 2 aromatic rings. The molecule has 0 radical (unpaired) electrons. The van der Waals surface area contributed by atoms with Gasteiger partial charge in [0.15, 0.2) is 0 Å². The lowest BCUT2D eigenvalue weighted by atomic mass is 9.87. The van der Waals surface area contributed by atoms with Crippen LogP contribution in [0.4, 0.5) is 0 Å². The predicted octanol–water partition coefficient (Wildman–Crippen LogP) is 2.75. The molecular weight excluding hydrogens is 398 g/mol. The summed E-state index contributed by atoms with van der Waals surface area (Å²) in [5.74, 6) is -0.901. The number of amides is 1. The molecule has 0 unspecified atom stereocenters. The maximum Gasteiger partial charge on any atom is 0.344 e. The molecule has 0 spiro atoms. The van der Waals surface area contributed by atoms with Gasteiger partial charge >= 0.3 is 11.9 Å². The van der Waals surface area contributed by atoms with E-state index in [0.717, 1.165) is 28.0 Å². The van der Waals surface area contributed by atoms with Gasteiger partial charge in [-0.1, -0.05) is 36.4 Å². The lowest BCUT2D eigenvalue weighted by molar-refractivity contribution is -0.167. The van der Waals surface area contributed by atoms with Crippen LogP contribution in [-0.4, -0.2) is 44.2 Å². The Labute approximate surface area is 182 Å². The van der Waals surface area contributed by atoms with E-state index in [4.69, 9.17) is 14.2 Å². The van der Waals surface area contributed by atoms with Crippen molar-refractivity contribution in [2.24, 2.45) is 0 Å². The average Bonchev–Trinajstić information content (AvgIpc) is 2.75. The summed E-state index contributed by atoms with van der Waals surface area (Å²) in [6.45, 7) is 5.36. The van der Waals surface area contributed by atoms with Gasteiger partial charge in [0.25, 0.3) is 0 Å². The van der Waals surface area contributed by atoms with E-state index in [-0.39, 0.29) is 19.6 Å². The summed E-state index contributed by atoms with van der Waals surface area (Å²) in [5.41, 5.74) is 1.74. The van der Waals surface area contributed by atoms with Crippen LogP contribution in [0, 0.1) is 6.92 Å². The zero-order valence-electron chi connectivity index (χ0n) is 18.4. The molecule has 7 heteroatoms. The molecular formula is C24H29NO6. The van der Waals surface area contributed by atoms with Crippen LogP contribution in [0.25, 0.3) is 0 Å². The van der Waals surface area contributed by atoms with Crippen LogP contribution < -0.4 is 10.1 Å². The molecule has 7 nitrogen and oxygen atoms in total. The van der Waals surface area contributed by atoms with Crippen molar-refractivity contribution < 1.29 is 28.6 Å². The molecule has 0 saturated heterocycles. The fourth-order valence-electron chi connectivity index (χ4n) is 3.46. The molecule has 0 aliphatic heterocycles. The quantitative estimate of drug-likeness (QED) is 0.337. The SMILES string of the molecule is CCOC(=O)C(Cc1ccccc1Cc1ccc(OC)c(C)c1)(NC=O)C(=O)OCC. The van der Waals surface area contributed by atoms with Gasteiger partial charge in [0, 0.05) is 6.42 Å². The average molecular weight is 427 g/mol. The minimum Gasteiger partial charge on any atom is -0.496 e. The first-order chi connectivity index (χ1) is 14.9. The summed E-state index contributed by atoms with van der Waals surface area (Å²) in [7, 11) is 1.63. The van der Waals surface area contributed by atoms with Crippen molar-refractivity contribution in [3.8, 4) is 5.75 Å². The fourth-order valence-corrected chi connectivity index (χ4v) is 3.46. The summed E-state index contributed by atoms with van der Waals surface area (Å²) in [6.07, 6.45) is 0.807. The monoisotopic (exact) mass is 427 g/mol. The number of carbonyl (C=O) groups is 3. The highest BCUT2D eigenvalue weighted by molar-refractivity contribution is 6.06. The highest BCUT2D eigenvalue weighted by Crippen LogP contribution is 2.25. The smallest absolute Gasteiger partial charge is 0.344 e. The minimum atomic E-state index is -1.96. The molecule has 0 aliphatic carbocycles. The van der Waals surface area contributed by atoms with Crippen molar-refractivity contribution in [2.75, 3.05) is 20.3 Å². The number of carbonyl (C=O) groups excluding carboxylic acids is 3. The summed E-state index contributed by atoms with van der Waals surface area (Å²) in [5, 5.41) is 2.38. The molecule has 0 fully saturated rings. The second kappa shape index (κ2) is 11.2. The van der Waals surface area contributed by atoms with Gasteiger partial charge in [-0.25, -0.2) is 9.59 Å². The second-order valence-electron chi connectivity index (χ2n) is 7.03. The Hall–Kier alpha value is -3.35. The van der Waals surface area contributed by atoms with Crippen LogP contribution in [0.15, 0.2) is 42.5 Å². The molecule has 0 heterocycles. The van der Waals surface area contributed by atoms with Crippen molar-refractivity contribution in [1.82, 2.24) is 5.32 Å². The van der Waals surface area contributed by atoms with Crippen molar-refractivity contribution in [3.63, 3.8) is 0 Å². The number of ether oxygens (including phenoxy) is 3. The van der Waals surface area contributed by atoms with Crippen LogP contribution in [0.2, 0.25) is 0 Å². The molecule has 1 N–H and O–H groups in total. The Morgan fingerprint density at radius 3 is 2.13 bits per heavy atom. The topological polar surface area (TPSA) is 90.9 Å². The van der Waals surface area contributed by atoms with Crippen LogP contribution in [0.1, 0.15) is 36.1 Å².